The van der Waals surface area contributed by atoms with E-state index in [1.54, 1.807) is 22.7 Å². The fourth-order valence-electron chi connectivity index (χ4n) is 1.80. The highest BCUT2D eigenvalue weighted by Crippen LogP contribution is 2.26. The van der Waals surface area contributed by atoms with Crippen LogP contribution in [0.25, 0.3) is 10.2 Å². The van der Waals surface area contributed by atoms with Gasteiger partial charge in [-0.25, -0.2) is 4.98 Å². The third-order valence-corrected chi connectivity index (χ3v) is 4.53. The standard InChI is InChI=1S/C13H12N2S2/c1-9(12-3-2-6-16-12)15-10-4-5-11-13(7-10)17-8-14-11/h2-9,15H,1H3. The number of hydrogen-bond acceptors (Lipinski definition) is 4. The van der Waals surface area contributed by atoms with E-state index in [0.29, 0.717) is 6.04 Å². The summed E-state index contributed by atoms with van der Waals surface area (Å²) in [5, 5.41) is 5.63. The van der Waals surface area contributed by atoms with Gasteiger partial charge in [-0.2, -0.15) is 0 Å². The second kappa shape index (κ2) is 4.47. The SMILES string of the molecule is CC(Nc1ccc2ncsc2c1)c1cccs1. The van der Waals surface area contributed by atoms with Crippen LogP contribution in [-0.4, -0.2) is 4.98 Å². The monoisotopic (exact) mass is 260 g/mol. The summed E-state index contributed by atoms with van der Waals surface area (Å²) in [6.07, 6.45) is 0. The summed E-state index contributed by atoms with van der Waals surface area (Å²) in [5.74, 6) is 0. The third kappa shape index (κ3) is 2.18. The van der Waals surface area contributed by atoms with Gasteiger partial charge in [-0.15, -0.1) is 22.7 Å². The van der Waals surface area contributed by atoms with Gasteiger partial charge in [0.05, 0.1) is 21.8 Å². The van der Waals surface area contributed by atoms with Crippen molar-refractivity contribution in [1.29, 1.82) is 0 Å². The van der Waals surface area contributed by atoms with Crippen molar-refractivity contribution >= 4 is 38.6 Å². The Kier molecular flexibility index (Phi) is 2.82. The van der Waals surface area contributed by atoms with E-state index in [9.17, 15) is 0 Å². The van der Waals surface area contributed by atoms with E-state index >= 15 is 0 Å². The van der Waals surface area contributed by atoms with Gasteiger partial charge < -0.3 is 5.32 Å². The topological polar surface area (TPSA) is 24.9 Å². The fraction of sp³-hybridized carbons (Fsp3) is 0.154. The van der Waals surface area contributed by atoms with Crippen molar-refractivity contribution in [1.82, 2.24) is 4.98 Å². The van der Waals surface area contributed by atoms with Gasteiger partial charge in [0.1, 0.15) is 0 Å². The third-order valence-electron chi connectivity index (χ3n) is 2.68. The highest BCUT2D eigenvalue weighted by molar-refractivity contribution is 7.16. The van der Waals surface area contributed by atoms with Crippen molar-refractivity contribution < 1.29 is 0 Å². The number of hydrogen-bond donors (Lipinski definition) is 1. The molecule has 3 aromatic rings. The number of thiophene rings is 1. The lowest BCUT2D eigenvalue weighted by Crippen LogP contribution is -2.04. The summed E-state index contributed by atoms with van der Waals surface area (Å²) in [6.45, 7) is 2.18. The summed E-state index contributed by atoms with van der Waals surface area (Å²) in [7, 11) is 0. The Bertz CT molecular complexity index is 613. The number of nitrogens with zero attached hydrogens (tertiary/aromatic N) is 1. The number of rotatable bonds is 3. The number of thiazole rings is 1. The zero-order valence-corrected chi connectivity index (χ0v) is 11.0. The van der Waals surface area contributed by atoms with Crippen molar-refractivity contribution in [3.63, 3.8) is 0 Å². The molecule has 86 valence electrons. The summed E-state index contributed by atoms with van der Waals surface area (Å²) < 4.78 is 1.23. The number of anilines is 1. The average Bonchev–Trinajstić information content (AvgIpc) is 2.99. The number of aromatic nitrogens is 1. The Morgan fingerprint density at radius 3 is 3.00 bits per heavy atom. The lowest BCUT2D eigenvalue weighted by molar-refractivity contribution is 0.909. The summed E-state index contributed by atoms with van der Waals surface area (Å²) in [4.78, 5) is 5.64. The molecule has 4 heteroatoms. The molecule has 0 aliphatic carbocycles. The highest BCUT2D eigenvalue weighted by atomic mass is 32.1. The van der Waals surface area contributed by atoms with E-state index in [0.717, 1.165) is 11.2 Å². The van der Waals surface area contributed by atoms with Crippen LogP contribution in [0, 0.1) is 0 Å². The van der Waals surface area contributed by atoms with Crippen LogP contribution in [-0.2, 0) is 0 Å². The minimum absolute atomic E-state index is 0.348. The Labute approximate surface area is 108 Å². The van der Waals surface area contributed by atoms with Gasteiger partial charge >= 0.3 is 0 Å². The molecule has 0 saturated carbocycles. The Hall–Kier alpha value is -1.39. The van der Waals surface area contributed by atoms with E-state index in [1.807, 2.05) is 5.51 Å². The molecule has 1 unspecified atom stereocenters. The molecular weight excluding hydrogens is 248 g/mol. The molecule has 17 heavy (non-hydrogen) atoms. The molecule has 0 radical (unpaired) electrons. The van der Waals surface area contributed by atoms with Crippen molar-refractivity contribution in [2.24, 2.45) is 0 Å². The summed E-state index contributed by atoms with van der Waals surface area (Å²) >= 11 is 3.46. The highest BCUT2D eigenvalue weighted by Gasteiger charge is 2.06. The van der Waals surface area contributed by atoms with E-state index < -0.39 is 0 Å². The van der Waals surface area contributed by atoms with Gasteiger partial charge in [0.25, 0.3) is 0 Å². The molecule has 1 atom stereocenters. The largest absolute Gasteiger partial charge is 0.378 e. The van der Waals surface area contributed by atoms with E-state index in [2.05, 4.69) is 52.9 Å². The van der Waals surface area contributed by atoms with Crippen molar-refractivity contribution in [3.8, 4) is 0 Å². The normalized spacial score (nSPS) is 12.8. The minimum Gasteiger partial charge on any atom is -0.378 e. The van der Waals surface area contributed by atoms with Crippen molar-refractivity contribution in [2.45, 2.75) is 13.0 Å². The van der Waals surface area contributed by atoms with Crippen LogP contribution in [0.5, 0.6) is 0 Å². The quantitative estimate of drug-likeness (QED) is 0.748. The number of nitrogens with one attached hydrogen (secondary N) is 1. The smallest absolute Gasteiger partial charge is 0.0813 e. The van der Waals surface area contributed by atoms with Gasteiger partial charge in [0.15, 0.2) is 0 Å². The van der Waals surface area contributed by atoms with Crippen LogP contribution in [0.15, 0.2) is 41.2 Å². The van der Waals surface area contributed by atoms with E-state index in [-0.39, 0.29) is 0 Å². The van der Waals surface area contributed by atoms with Gasteiger partial charge in [-0.3, -0.25) is 0 Å². The van der Waals surface area contributed by atoms with Crippen molar-refractivity contribution in [3.05, 3.63) is 46.1 Å². The molecule has 1 N–H and O–H groups in total. The zero-order chi connectivity index (χ0) is 11.7. The van der Waals surface area contributed by atoms with Gasteiger partial charge in [0, 0.05) is 10.6 Å². The van der Waals surface area contributed by atoms with Crippen molar-refractivity contribution in [2.75, 3.05) is 5.32 Å². The second-order valence-electron chi connectivity index (χ2n) is 3.92. The molecule has 3 rings (SSSR count). The Balaban J connectivity index is 1.84. The van der Waals surface area contributed by atoms with Crippen LogP contribution in [0.2, 0.25) is 0 Å². The molecule has 0 spiro atoms. The first-order valence-electron chi connectivity index (χ1n) is 5.46. The van der Waals surface area contributed by atoms with Crippen LogP contribution < -0.4 is 5.32 Å². The molecule has 2 heterocycles. The lowest BCUT2D eigenvalue weighted by atomic mass is 10.2. The molecule has 1 aromatic carbocycles. The van der Waals surface area contributed by atoms with E-state index in [1.165, 1.54) is 9.58 Å². The predicted molar refractivity (Wildman–Crippen MR) is 76.0 cm³/mol. The minimum atomic E-state index is 0.348. The van der Waals surface area contributed by atoms with Crippen LogP contribution in [0.3, 0.4) is 0 Å². The lowest BCUT2D eigenvalue weighted by Gasteiger charge is -2.13. The molecule has 2 nitrogen and oxygen atoms in total. The first kappa shape index (κ1) is 10.7. The predicted octanol–water partition coefficient (Wildman–Crippen LogP) is 4.53. The molecule has 0 amide bonds. The van der Waals surface area contributed by atoms with Crippen LogP contribution >= 0.6 is 22.7 Å². The molecule has 0 aliphatic rings. The Morgan fingerprint density at radius 1 is 1.24 bits per heavy atom. The molecule has 2 aromatic heterocycles. The van der Waals surface area contributed by atoms with Crippen LogP contribution in [0.4, 0.5) is 5.69 Å². The molecule has 0 saturated heterocycles. The number of benzene rings is 1. The van der Waals surface area contributed by atoms with Gasteiger partial charge in [0.2, 0.25) is 0 Å². The Morgan fingerprint density at radius 2 is 2.18 bits per heavy atom. The maximum absolute atomic E-state index is 4.28. The van der Waals surface area contributed by atoms with Gasteiger partial charge in [-0.1, -0.05) is 6.07 Å². The first-order chi connectivity index (χ1) is 8.33. The number of fused-ring (bicyclic) bond motifs is 1. The average molecular weight is 260 g/mol. The van der Waals surface area contributed by atoms with Crippen LogP contribution in [0.1, 0.15) is 17.8 Å². The summed E-state index contributed by atoms with van der Waals surface area (Å²) in [6, 6.07) is 10.9. The summed E-state index contributed by atoms with van der Waals surface area (Å²) in [5.41, 5.74) is 4.11. The van der Waals surface area contributed by atoms with Gasteiger partial charge in [-0.05, 0) is 36.6 Å². The first-order valence-corrected chi connectivity index (χ1v) is 7.22. The second-order valence-corrected chi connectivity index (χ2v) is 5.78. The maximum atomic E-state index is 4.28. The zero-order valence-electron chi connectivity index (χ0n) is 9.38. The maximum Gasteiger partial charge on any atom is 0.0813 e. The molecule has 0 fully saturated rings. The molecular formula is C13H12N2S2. The molecule has 0 bridgehead atoms. The van der Waals surface area contributed by atoms with E-state index in [4.69, 9.17) is 0 Å². The fourth-order valence-corrected chi connectivity index (χ4v) is 3.25. The molecule has 0 aliphatic heterocycles.